The molecule has 1 aliphatic rings. The Labute approximate surface area is 176 Å². The van der Waals surface area contributed by atoms with Crippen LogP contribution in [0.3, 0.4) is 0 Å². The van der Waals surface area contributed by atoms with Crippen LogP contribution in [-0.2, 0) is 4.79 Å². The first-order valence-electron chi connectivity index (χ1n) is 9.81. The van der Waals surface area contributed by atoms with Crippen molar-refractivity contribution in [1.82, 2.24) is 9.88 Å². The molecule has 3 aromatic rings. The number of alkyl halides is 3. The van der Waals surface area contributed by atoms with Gasteiger partial charge in [-0.2, -0.15) is 0 Å². The first-order chi connectivity index (χ1) is 14.8. The smallest absolute Gasteiger partial charge is 0.406 e. The Hall–Kier alpha value is -3.49. The van der Waals surface area contributed by atoms with Crippen molar-refractivity contribution in [2.75, 3.05) is 18.4 Å². The van der Waals surface area contributed by atoms with Gasteiger partial charge in [0, 0.05) is 36.1 Å². The maximum absolute atomic E-state index is 12.9. The second-order valence-electron chi connectivity index (χ2n) is 7.43. The van der Waals surface area contributed by atoms with E-state index in [1.165, 1.54) is 12.1 Å². The average molecular weight is 431 g/mol. The number of ether oxygens (including phenoxy) is 1. The summed E-state index contributed by atoms with van der Waals surface area (Å²) in [4.78, 5) is 30.3. The first-order valence-corrected chi connectivity index (χ1v) is 9.81. The predicted octanol–water partition coefficient (Wildman–Crippen LogP) is 4.56. The Morgan fingerprint density at radius 1 is 1.10 bits per heavy atom. The van der Waals surface area contributed by atoms with Crippen LogP contribution in [0.25, 0.3) is 10.9 Å². The number of amides is 2. The van der Waals surface area contributed by atoms with Gasteiger partial charge in [0.25, 0.3) is 5.91 Å². The summed E-state index contributed by atoms with van der Waals surface area (Å²) in [5.74, 6) is -1.18. The molecule has 0 radical (unpaired) electrons. The van der Waals surface area contributed by atoms with E-state index < -0.39 is 12.3 Å². The number of nitrogens with zero attached hydrogens (tertiary/aromatic N) is 1. The summed E-state index contributed by atoms with van der Waals surface area (Å²) in [6.07, 6.45) is -1.65. The molecule has 2 aromatic carbocycles. The number of halogens is 3. The minimum absolute atomic E-state index is 0.136. The molecule has 0 aliphatic carbocycles. The molecule has 0 unspecified atom stereocenters. The van der Waals surface area contributed by atoms with Crippen molar-refractivity contribution in [3.8, 4) is 5.75 Å². The number of piperidine rings is 1. The molecule has 1 aliphatic heterocycles. The molecule has 162 valence electrons. The van der Waals surface area contributed by atoms with Gasteiger partial charge in [0.05, 0.1) is 5.92 Å². The highest BCUT2D eigenvalue weighted by molar-refractivity contribution is 5.99. The van der Waals surface area contributed by atoms with E-state index in [4.69, 9.17) is 0 Å². The van der Waals surface area contributed by atoms with Gasteiger partial charge >= 0.3 is 6.36 Å². The summed E-state index contributed by atoms with van der Waals surface area (Å²) in [7, 11) is 0. The topological polar surface area (TPSA) is 74.4 Å². The van der Waals surface area contributed by atoms with Gasteiger partial charge in [-0.1, -0.05) is 6.07 Å². The number of fused-ring (bicyclic) bond motifs is 1. The van der Waals surface area contributed by atoms with Crippen LogP contribution in [0, 0.1) is 5.92 Å². The van der Waals surface area contributed by atoms with Gasteiger partial charge in [-0.3, -0.25) is 9.59 Å². The van der Waals surface area contributed by atoms with Gasteiger partial charge in [-0.25, -0.2) is 0 Å². The zero-order valence-corrected chi connectivity index (χ0v) is 16.4. The Kier molecular flexibility index (Phi) is 5.58. The summed E-state index contributed by atoms with van der Waals surface area (Å²) in [6, 6.07) is 12.3. The molecule has 1 atom stereocenters. The molecule has 2 N–H and O–H groups in total. The number of aromatic nitrogens is 1. The molecule has 2 heterocycles. The number of carbonyl (C=O) groups excluding carboxylic acids is 2. The van der Waals surface area contributed by atoms with E-state index in [0.29, 0.717) is 30.6 Å². The second kappa shape index (κ2) is 8.33. The van der Waals surface area contributed by atoms with Crippen LogP contribution in [0.4, 0.5) is 18.9 Å². The molecule has 9 heteroatoms. The summed E-state index contributed by atoms with van der Waals surface area (Å²) in [5.41, 5.74) is 1.78. The zero-order chi connectivity index (χ0) is 22.0. The summed E-state index contributed by atoms with van der Waals surface area (Å²) >= 11 is 0. The van der Waals surface area contributed by atoms with Crippen molar-refractivity contribution in [3.05, 3.63) is 60.3 Å². The predicted molar refractivity (Wildman–Crippen MR) is 109 cm³/mol. The molecular formula is C22H20F3N3O3. The molecule has 6 nitrogen and oxygen atoms in total. The number of anilines is 1. The van der Waals surface area contributed by atoms with Crippen molar-refractivity contribution in [2.24, 2.45) is 5.92 Å². The fraction of sp³-hybridized carbons (Fsp3) is 0.273. The van der Waals surface area contributed by atoms with Crippen LogP contribution in [0.5, 0.6) is 5.75 Å². The largest absolute Gasteiger partial charge is 0.573 e. The fourth-order valence-electron chi connectivity index (χ4n) is 3.72. The van der Waals surface area contributed by atoms with E-state index in [2.05, 4.69) is 15.0 Å². The zero-order valence-electron chi connectivity index (χ0n) is 16.4. The molecule has 31 heavy (non-hydrogen) atoms. The molecule has 0 bridgehead atoms. The Morgan fingerprint density at radius 3 is 2.61 bits per heavy atom. The van der Waals surface area contributed by atoms with Crippen LogP contribution < -0.4 is 10.1 Å². The van der Waals surface area contributed by atoms with Gasteiger partial charge < -0.3 is 19.9 Å². The third-order valence-corrected chi connectivity index (χ3v) is 5.24. The molecule has 1 fully saturated rings. The maximum atomic E-state index is 12.9. The fourth-order valence-corrected chi connectivity index (χ4v) is 3.72. The average Bonchev–Trinajstić information content (AvgIpc) is 3.21. The highest BCUT2D eigenvalue weighted by Crippen LogP contribution is 2.25. The summed E-state index contributed by atoms with van der Waals surface area (Å²) in [6.45, 7) is 0.845. The van der Waals surface area contributed by atoms with Crippen LogP contribution in [-0.4, -0.2) is 41.2 Å². The van der Waals surface area contributed by atoms with E-state index >= 15 is 0 Å². The number of H-pyrrole nitrogens is 1. The lowest BCUT2D eigenvalue weighted by atomic mass is 9.96. The Bertz CT molecular complexity index is 1090. The van der Waals surface area contributed by atoms with Gasteiger partial charge in [0.2, 0.25) is 5.91 Å². The van der Waals surface area contributed by atoms with Gasteiger partial charge in [-0.15, -0.1) is 13.2 Å². The molecular weight excluding hydrogens is 411 g/mol. The minimum atomic E-state index is -4.77. The summed E-state index contributed by atoms with van der Waals surface area (Å²) in [5, 5.41) is 3.72. The number of hydrogen-bond acceptors (Lipinski definition) is 3. The Morgan fingerprint density at radius 2 is 1.87 bits per heavy atom. The van der Waals surface area contributed by atoms with Crippen LogP contribution in [0.1, 0.15) is 23.2 Å². The summed E-state index contributed by atoms with van der Waals surface area (Å²) < 4.78 is 40.6. The van der Waals surface area contributed by atoms with E-state index in [-0.39, 0.29) is 24.1 Å². The van der Waals surface area contributed by atoms with E-state index in [0.717, 1.165) is 23.0 Å². The van der Waals surface area contributed by atoms with E-state index in [1.54, 1.807) is 17.0 Å². The van der Waals surface area contributed by atoms with Crippen LogP contribution in [0.15, 0.2) is 54.7 Å². The van der Waals surface area contributed by atoms with E-state index in [1.807, 2.05) is 18.3 Å². The second-order valence-corrected chi connectivity index (χ2v) is 7.43. The molecule has 1 aromatic heterocycles. The van der Waals surface area contributed by atoms with Crippen LogP contribution >= 0.6 is 0 Å². The van der Waals surface area contributed by atoms with Crippen LogP contribution in [0.2, 0.25) is 0 Å². The van der Waals surface area contributed by atoms with E-state index in [9.17, 15) is 22.8 Å². The van der Waals surface area contributed by atoms with Crippen molar-refractivity contribution in [3.63, 3.8) is 0 Å². The number of aromatic amines is 1. The monoisotopic (exact) mass is 431 g/mol. The third-order valence-electron chi connectivity index (χ3n) is 5.24. The molecule has 1 saturated heterocycles. The maximum Gasteiger partial charge on any atom is 0.573 e. The lowest BCUT2D eigenvalue weighted by Gasteiger charge is -2.32. The number of nitrogens with one attached hydrogen (secondary N) is 2. The highest BCUT2D eigenvalue weighted by Gasteiger charge is 2.31. The van der Waals surface area contributed by atoms with Crippen molar-refractivity contribution < 1.29 is 27.5 Å². The van der Waals surface area contributed by atoms with Crippen molar-refractivity contribution in [2.45, 2.75) is 19.2 Å². The SMILES string of the molecule is O=C(Nc1ccc(OC(F)(F)F)cc1)[C@@H]1CCCN(C(=O)c2ccc3cc[nH]c3c2)C1. The molecule has 0 spiro atoms. The lowest BCUT2D eigenvalue weighted by Crippen LogP contribution is -2.43. The number of benzene rings is 2. The number of carbonyl (C=O) groups is 2. The van der Waals surface area contributed by atoms with Crippen molar-refractivity contribution >= 4 is 28.4 Å². The molecule has 2 amide bonds. The number of hydrogen-bond donors (Lipinski definition) is 2. The molecule has 0 saturated carbocycles. The molecule has 4 rings (SSSR count). The normalized spacial score (nSPS) is 16.9. The number of rotatable bonds is 4. The number of likely N-dealkylation sites (tertiary alicyclic amines) is 1. The minimum Gasteiger partial charge on any atom is -0.406 e. The van der Waals surface area contributed by atoms with Gasteiger partial charge in [0.15, 0.2) is 0 Å². The lowest BCUT2D eigenvalue weighted by molar-refractivity contribution is -0.274. The highest BCUT2D eigenvalue weighted by atomic mass is 19.4. The standard InChI is InChI=1S/C22H20F3N3O3/c23-22(24,25)31-18-7-5-17(6-8-18)27-20(29)16-2-1-11-28(13-16)21(30)15-4-3-14-9-10-26-19(14)12-15/h3-10,12,16,26H,1-2,11,13H2,(H,27,29)/t16-/m1/s1. The van der Waals surface area contributed by atoms with Gasteiger partial charge in [-0.05, 0) is 60.7 Å². The van der Waals surface area contributed by atoms with Gasteiger partial charge in [0.1, 0.15) is 5.75 Å². The Balaban J connectivity index is 1.38. The third kappa shape index (κ3) is 4.99. The van der Waals surface area contributed by atoms with Crippen molar-refractivity contribution in [1.29, 1.82) is 0 Å². The quantitative estimate of drug-likeness (QED) is 0.636. The first kappa shape index (κ1) is 20.8.